The number of aromatic nitrogens is 2. The summed E-state index contributed by atoms with van der Waals surface area (Å²) in [5.41, 5.74) is 7.48. The predicted molar refractivity (Wildman–Crippen MR) is 139 cm³/mol. The second kappa shape index (κ2) is 9.73. The van der Waals surface area contributed by atoms with E-state index in [1.165, 1.54) is 12.4 Å². The monoisotopic (exact) mass is 445 g/mol. The van der Waals surface area contributed by atoms with E-state index in [0.29, 0.717) is 49.0 Å². The van der Waals surface area contributed by atoms with Crippen molar-refractivity contribution in [2.24, 2.45) is 5.73 Å². The molecule has 8 nitrogen and oxygen atoms in total. The summed E-state index contributed by atoms with van der Waals surface area (Å²) >= 11 is 0. The molecule has 1 aliphatic rings. The fraction of sp³-hybridized carbons (Fsp3) is 0.217. The van der Waals surface area contributed by atoms with E-state index in [-0.39, 0.29) is 5.91 Å². The Morgan fingerprint density at radius 2 is 1.79 bits per heavy atom. The number of hydrogen-bond acceptors (Lipinski definition) is 7. The Morgan fingerprint density at radius 3 is 2.47 bits per heavy atom. The van der Waals surface area contributed by atoms with Crippen LogP contribution in [0.15, 0.2) is 55.0 Å². The molecule has 0 aliphatic carbocycles. The minimum atomic E-state index is -1.35. The molecule has 1 fully saturated rings. The van der Waals surface area contributed by atoms with Crippen molar-refractivity contribution in [2.75, 3.05) is 36.4 Å². The third kappa shape index (κ3) is 5.15. The molecule has 0 atom stereocenters. The molecular weight excluding hydrogens is 423 g/mol. The first-order chi connectivity index (χ1) is 16.3. The maximum absolute atomic E-state index is 12.9. The number of piperazine rings is 1. The highest BCUT2D eigenvalue weighted by atomic mass is 16.1. The number of carbonyl (C=O) groups excluding carboxylic acids is 1. The van der Waals surface area contributed by atoms with Gasteiger partial charge in [0.25, 0.3) is 5.91 Å². The van der Waals surface area contributed by atoms with Gasteiger partial charge in [0.15, 0.2) is 0 Å². The van der Waals surface area contributed by atoms with Crippen LogP contribution in [0.2, 0.25) is 0 Å². The van der Waals surface area contributed by atoms with Crippen molar-refractivity contribution in [3.63, 3.8) is 0 Å². The maximum Gasteiger partial charge on any atom is 0.257 e. The predicted octanol–water partition coefficient (Wildman–Crippen LogP) is 1.07. The number of nitrogens with zero attached hydrogens (tertiary/aromatic N) is 4. The molecule has 164 valence electrons. The van der Waals surface area contributed by atoms with Gasteiger partial charge in [0.1, 0.15) is 11.6 Å². The van der Waals surface area contributed by atoms with Crippen LogP contribution >= 0.6 is 0 Å². The molecule has 3 aromatic rings. The van der Waals surface area contributed by atoms with Crippen LogP contribution in [0.1, 0.15) is 15.9 Å². The molecular formula is C23H22B3N7O. The number of nitrogens with two attached hydrogens (primary N) is 1. The lowest BCUT2D eigenvalue weighted by Gasteiger charge is -2.43. The zero-order valence-corrected chi connectivity index (χ0v) is 18.6. The molecule has 4 N–H and O–H groups in total. The van der Waals surface area contributed by atoms with Crippen molar-refractivity contribution in [2.45, 2.75) is 5.24 Å². The SMILES string of the molecule is [B]C([B])([B])N1CCN(c2cc(C(=O)Nc3cc4cc(/C(C=N)=C/N)ccc4cn3)ccn2)CC1. The van der Waals surface area contributed by atoms with Crippen molar-refractivity contribution in [3.05, 3.63) is 66.1 Å². The lowest BCUT2D eigenvalue weighted by molar-refractivity contribution is 0.102. The summed E-state index contributed by atoms with van der Waals surface area (Å²) in [6.45, 7) is 2.44. The van der Waals surface area contributed by atoms with E-state index >= 15 is 0 Å². The van der Waals surface area contributed by atoms with Gasteiger partial charge in [0.05, 0.1) is 23.5 Å². The molecule has 1 aliphatic heterocycles. The van der Waals surface area contributed by atoms with E-state index in [9.17, 15) is 4.79 Å². The van der Waals surface area contributed by atoms with Crippen molar-refractivity contribution in [1.82, 2.24) is 14.9 Å². The minimum absolute atomic E-state index is 0.294. The molecule has 0 bridgehead atoms. The van der Waals surface area contributed by atoms with Crippen molar-refractivity contribution in [1.29, 1.82) is 5.41 Å². The van der Waals surface area contributed by atoms with E-state index in [1.54, 1.807) is 35.5 Å². The van der Waals surface area contributed by atoms with Crippen LogP contribution in [-0.4, -0.2) is 81.9 Å². The fourth-order valence-corrected chi connectivity index (χ4v) is 3.86. The molecule has 0 spiro atoms. The molecule has 1 saturated heterocycles. The van der Waals surface area contributed by atoms with Crippen LogP contribution in [0.5, 0.6) is 0 Å². The summed E-state index contributed by atoms with van der Waals surface area (Å²) < 4.78 is 0. The highest BCUT2D eigenvalue weighted by molar-refractivity contribution is 6.59. The number of amides is 1. The van der Waals surface area contributed by atoms with Crippen LogP contribution in [0, 0.1) is 5.41 Å². The Balaban J connectivity index is 1.49. The van der Waals surface area contributed by atoms with Gasteiger partial charge in [-0.1, -0.05) is 17.4 Å². The van der Waals surface area contributed by atoms with Crippen LogP contribution in [0.25, 0.3) is 16.3 Å². The quantitative estimate of drug-likeness (QED) is 0.387. The summed E-state index contributed by atoms with van der Waals surface area (Å²) in [4.78, 5) is 25.5. The molecule has 0 saturated carbocycles. The maximum atomic E-state index is 12.9. The number of fused-ring (bicyclic) bond motifs is 1. The largest absolute Gasteiger partial charge is 0.404 e. The second-order valence-electron chi connectivity index (χ2n) is 8.12. The minimum Gasteiger partial charge on any atom is -0.404 e. The zero-order valence-electron chi connectivity index (χ0n) is 18.6. The van der Waals surface area contributed by atoms with Gasteiger partial charge >= 0.3 is 0 Å². The topological polar surface area (TPSA) is 111 Å². The Hall–Kier alpha value is -3.59. The van der Waals surface area contributed by atoms with Gasteiger partial charge in [-0.3, -0.25) is 4.79 Å². The summed E-state index contributed by atoms with van der Waals surface area (Å²) in [5, 5.41) is 10.8. The van der Waals surface area contributed by atoms with Crippen molar-refractivity contribution in [3.8, 4) is 0 Å². The third-order valence-electron chi connectivity index (χ3n) is 5.79. The van der Waals surface area contributed by atoms with Crippen molar-refractivity contribution >= 4 is 63.6 Å². The Labute approximate surface area is 202 Å². The van der Waals surface area contributed by atoms with Crippen LogP contribution in [0.4, 0.5) is 11.6 Å². The van der Waals surface area contributed by atoms with E-state index in [2.05, 4.69) is 20.2 Å². The molecule has 34 heavy (non-hydrogen) atoms. The molecule has 3 heterocycles. The van der Waals surface area contributed by atoms with Gasteiger partial charge < -0.3 is 26.3 Å². The number of rotatable bonds is 6. The standard InChI is InChI=1S/C23H22B3N7O/c24-23(25,26)33-7-5-32(6-8-33)21-11-16(3-4-29-21)22(34)31-20-10-18-9-15(19(12-27)13-28)1-2-17(18)14-30-20/h1-4,9-14,27H,5-8,28H2,(H,30,31,34)/b19-13+,27-12?. The van der Waals surface area contributed by atoms with Crippen LogP contribution < -0.4 is 16.0 Å². The molecule has 0 unspecified atom stereocenters. The summed E-state index contributed by atoms with van der Waals surface area (Å²) in [6, 6.07) is 10.9. The van der Waals surface area contributed by atoms with Gasteiger partial charge in [0, 0.05) is 67.5 Å². The zero-order chi connectivity index (χ0) is 24.3. The fourth-order valence-electron chi connectivity index (χ4n) is 3.86. The van der Waals surface area contributed by atoms with Gasteiger partial charge in [-0.25, -0.2) is 9.97 Å². The Kier molecular flexibility index (Phi) is 6.74. The molecule has 1 amide bonds. The average Bonchev–Trinajstić information content (AvgIpc) is 2.84. The summed E-state index contributed by atoms with van der Waals surface area (Å²) in [5.74, 6) is 0.810. The number of allylic oxidation sites excluding steroid dienone is 1. The summed E-state index contributed by atoms with van der Waals surface area (Å²) in [6.07, 6.45) is 5.88. The second-order valence-corrected chi connectivity index (χ2v) is 8.12. The first-order valence-corrected chi connectivity index (χ1v) is 10.7. The first kappa shape index (κ1) is 23.6. The summed E-state index contributed by atoms with van der Waals surface area (Å²) in [7, 11) is 17.3. The first-order valence-electron chi connectivity index (χ1n) is 10.7. The highest BCUT2D eigenvalue weighted by Gasteiger charge is 2.25. The smallest absolute Gasteiger partial charge is 0.257 e. The lowest BCUT2D eigenvalue weighted by atomic mass is 9.48. The van der Waals surface area contributed by atoms with Crippen LogP contribution in [-0.2, 0) is 0 Å². The van der Waals surface area contributed by atoms with Crippen LogP contribution in [0.3, 0.4) is 0 Å². The Morgan fingerprint density at radius 1 is 1.03 bits per heavy atom. The number of anilines is 2. The average molecular weight is 445 g/mol. The van der Waals surface area contributed by atoms with Gasteiger partial charge in [-0.15, -0.1) is 0 Å². The highest BCUT2D eigenvalue weighted by Crippen LogP contribution is 2.23. The number of nitrogens with one attached hydrogen (secondary N) is 2. The van der Waals surface area contributed by atoms with Crippen molar-refractivity contribution < 1.29 is 4.79 Å². The van der Waals surface area contributed by atoms with E-state index in [0.717, 1.165) is 16.3 Å². The van der Waals surface area contributed by atoms with Gasteiger partial charge in [-0.2, -0.15) is 0 Å². The number of benzene rings is 1. The number of hydrogen-bond donors (Lipinski definition) is 3. The lowest BCUT2D eigenvalue weighted by Crippen LogP contribution is -2.58. The van der Waals surface area contributed by atoms with E-state index in [1.807, 2.05) is 18.2 Å². The third-order valence-corrected chi connectivity index (χ3v) is 5.79. The molecule has 1 aromatic carbocycles. The molecule has 11 heteroatoms. The van der Waals surface area contributed by atoms with E-state index in [4.69, 9.17) is 34.7 Å². The molecule has 2 aromatic heterocycles. The van der Waals surface area contributed by atoms with Gasteiger partial charge in [-0.05, 0) is 35.2 Å². The van der Waals surface area contributed by atoms with E-state index < -0.39 is 5.24 Å². The molecule has 6 radical (unpaired) electrons. The number of pyridine rings is 2. The molecule has 4 rings (SSSR count). The number of carbonyl (C=O) groups is 1. The van der Waals surface area contributed by atoms with Gasteiger partial charge in [0.2, 0.25) is 0 Å². The normalized spacial score (nSPS) is 15.3. The Bertz CT molecular complexity index is 1250.